The van der Waals surface area contributed by atoms with Crippen molar-refractivity contribution >= 4 is 29.2 Å². The van der Waals surface area contributed by atoms with Crippen molar-refractivity contribution in [2.24, 2.45) is 5.92 Å². The van der Waals surface area contributed by atoms with Gasteiger partial charge in [-0.15, -0.1) is 0 Å². The Labute approximate surface area is 200 Å². The van der Waals surface area contributed by atoms with Crippen LogP contribution in [0.2, 0.25) is 5.02 Å². The van der Waals surface area contributed by atoms with Crippen molar-refractivity contribution in [2.75, 3.05) is 27.0 Å². The Hall–Kier alpha value is -3.41. The van der Waals surface area contributed by atoms with Gasteiger partial charge >= 0.3 is 11.9 Å². The van der Waals surface area contributed by atoms with E-state index < -0.39 is 16.9 Å². The van der Waals surface area contributed by atoms with Gasteiger partial charge < -0.3 is 19.7 Å². The van der Waals surface area contributed by atoms with Gasteiger partial charge in [0.05, 0.1) is 24.7 Å². The minimum Gasteiger partial charge on any atom is -0.493 e. The van der Waals surface area contributed by atoms with Gasteiger partial charge in [0.25, 0.3) is 5.69 Å². The summed E-state index contributed by atoms with van der Waals surface area (Å²) in [6.45, 7) is 1.49. The van der Waals surface area contributed by atoms with Crippen LogP contribution in [-0.2, 0) is 20.8 Å². The van der Waals surface area contributed by atoms with Crippen LogP contribution in [0.1, 0.15) is 18.4 Å². The lowest BCUT2D eigenvalue weighted by molar-refractivity contribution is -0.385. The number of non-ortho nitro benzene ring substituents is 1. The fourth-order valence-electron chi connectivity index (χ4n) is 3.24. The summed E-state index contributed by atoms with van der Waals surface area (Å²) in [6.07, 6.45) is 2.95. The molecule has 0 saturated carbocycles. The second kappa shape index (κ2) is 13.3. The van der Waals surface area contributed by atoms with Crippen LogP contribution in [0.3, 0.4) is 0 Å². The van der Waals surface area contributed by atoms with E-state index in [-0.39, 0.29) is 12.4 Å². The molecule has 1 atom stereocenters. The van der Waals surface area contributed by atoms with Crippen molar-refractivity contribution < 1.29 is 39.0 Å². The van der Waals surface area contributed by atoms with E-state index in [9.17, 15) is 10.1 Å². The van der Waals surface area contributed by atoms with Crippen molar-refractivity contribution in [1.82, 2.24) is 5.06 Å². The number of aliphatic carboxylic acids is 2. The van der Waals surface area contributed by atoms with Gasteiger partial charge in [0.1, 0.15) is 0 Å². The van der Waals surface area contributed by atoms with Crippen LogP contribution < -0.4 is 9.47 Å². The number of hydroxylamine groups is 2. The van der Waals surface area contributed by atoms with E-state index in [4.69, 9.17) is 45.7 Å². The zero-order valence-electron chi connectivity index (χ0n) is 18.4. The van der Waals surface area contributed by atoms with Crippen molar-refractivity contribution in [2.45, 2.75) is 19.3 Å². The first-order valence-electron chi connectivity index (χ1n) is 10.2. The first kappa shape index (κ1) is 26.8. The predicted molar refractivity (Wildman–Crippen MR) is 121 cm³/mol. The number of hydrogen-bond donors (Lipinski definition) is 2. The zero-order valence-corrected chi connectivity index (χ0v) is 19.1. The molecule has 1 aliphatic rings. The molecule has 0 aromatic heterocycles. The zero-order chi connectivity index (χ0) is 25.1. The van der Waals surface area contributed by atoms with Crippen LogP contribution in [0.4, 0.5) is 5.69 Å². The Morgan fingerprint density at radius 2 is 1.85 bits per heavy atom. The fraction of sp³-hybridized carbons (Fsp3) is 0.364. The normalized spacial score (nSPS) is 15.9. The van der Waals surface area contributed by atoms with Gasteiger partial charge in [-0.1, -0.05) is 23.7 Å². The molecule has 3 rings (SSSR count). The van der Waals surface area contributed by atoms with Crippen LogP contribution >= 0.6 is 11.6 Å². The van der Waals surface area contributed by atoms with Crippen LogP contribution in [0.5, 0.6) is 11.5 Å². The molecule has 0 bridgehead atoms. The summed E-state index contributed by atoms with van der Waals surface area (Å²) >= 11 is 5.96. The van der Waals surface area contributed by atoms with E-state index in [1.807, 2.05) is 24.3 Å². The summed E-state index contributed by atoms with van der Waals surface area (Å²) in [6, 6.07) is 12.2. The third kappa shape index (κ3) is 8.85. The monoisotopic (exact) mass is 496 g/mol. The number of nitrogens with zero attached hydrogens (tertiary/aromatic N) is 2. The topological polar surface area (TPSA) is 149 Å². The van der Waals surface area contributed by atoms with Crippen molar-refractivity contribution in [1.29, 1.82) is 0 Å². The molecule has 184 valence electrons. The standard InChI is InChI=1S/C20H23ClN2O5.C2H2O4/c1-26-19-9-8-18(23(24)25)12-20(19)27-14-22-13-16(3-2-10-28-22)11-15-4-6-17(21)7-5-15;3-1(4)2(5)6/h4-9,12,16H,2-3,10-11,13-14H2,1H3;(H,3,4)(H,5,6). The highest BCUT2D eigenvalue weighted by Gasteiger charge is 2.21. The second-order valence-corrected chi connectivity index (χ2v) is 7.75. The molecule has 2 aromatic carbocycles. The molecule has 2 N–H and O–H groups in total. The lowest BCUT2D eigenvalue weighted by Crippen LogP contribution is -2.32. The minimum atomic E-state index is -1.82. The Morgan fingerprint density at radius 3 is 2.44 bits per heavy atom. The van der Waals surface area contributed by atoms with Gasteiger partial charge in [-0.05, 0) is 48.9 Å². The molecule has 0 radical (unpaired) electrons. The molecule has 0 amide bonds. The van der Waals surface area contributed by atoms with Gasteiger partial charge in [0.15, 0.2) is 18.2 Å². The largest absolute Gasteiger partial charge is 0.493 e. The van der Waals surface area contributed by atoms with E-state index in [0.29, 0.717) is 30.6 Å². The van der Waals surface area contributed by atoms with Gasteiger partial charge in [-0.25, -0.2) is 9.59 Å². The molecular weight excluding hydrogens is 472 g/mol. The molecule has 1 unspecified atom stereocenters. The van der Waals surface area contributed by atoms with Crippen LogP contribution in [0.15, 0.2) is 42.5 Å². The summed E-state index contributed by atoms with van der Waals surface area (Å²) < 4.78 is 11.0. The highest BCUT2D eigenvalue weighted by Crippen LogP contribution is 2.31. The fourth-order valence-corrected chi connectivity index (χ4v) is 3.37. The molecule has 2 aromatic rings. The highest BCUT2D eigenvalue weighted by molar-refractivity contribution is 6.30. The molecule has 12 heteroatoms. The average molecular weight is 497 g/mol. The summed E-state index contributed by atoms with van der Waals surface area (Å²) in [5.74, 6) is -2.47. The molecular formula is C22H25ClN2O9. The van der Waals surface area contributed by atoms with E-state index in [0.717, 1.165) is 24.3 Å². The van der Waals surface area contributed by atoms with E-state index in [2.05, 4.69) is 0 Å². The lowest BCUT2D eigenvalue weighted by atomic mass is 9.95. The summed E-state index contributed by atoms with van der Waals surface area (Å²) in [5.41, 5.74) is 1.19. The maximum atomic E-state index is 11.0. The van der Waals surface area contributed by atoms with Gasteiger partial charge in [0.2, 0.25) is 0 Å². The summed E-state index contributed by atoms with van der Waals surface area (Å²) in [7, 11) is 1.50. The molecule has 0 spiro atoms. The smallest absolute Gasteiger partial charge is 0.414 e. The van der Waals surface area contributed by atoms with E-state index in [1.54, 1.807) is 5.06 Å². The molecule has 1 aliphatic heterocycles. The third-order valence-corrected chi connectivity index (χ3v) is 5.09. The van der Waals surface area contributed by atoms with Crippen LogP contribution in [-0.4, -0.2) is 59.1 Å². The maximum Gasteiger partial charge on any atom is 0.414 e. The predicted octanol–water partition coefficient (Wildman–Crippen LogP) is 3.64. The Balaban J connectivity index is 0.000000604. The van der Waals surface area contributed by atoms with Crippen molar-refractivity contribution in [3.8, 4) is 11.5 Å². The number of carboxylic acid groups (broad SMARTS) is 2. The number of ether oxygens (including phenoxy) is 2. The number of rotatable bonds is 7. The number of carbonyl (C=O) groups is 2. The minimum absolute atomic E-state index is 0.0480. The van der Waals surface area contributed by atoms with Crippen LogP contribution in [0.25, 0.3) is 0 Å². The highest BCUT2D eigenvalue weighted by atomic mass is 35.5. The molecule has 34 heavy (non-hydrogen) atoms. The Bertz CT molecular complexity index is 973. The summed E-state index contributed by atoms with van der Waals surface area (Å²) in [5, 5.41) is 28.3. The number of benzene rings is 2. The Morgan fingerprint density at radius 1 is 1.18 bits per heavy atom. The number of halogens is 1. The van der Waals surface area contributed by atoms with Gasteiger partial charge in [-0.2, -0.15) is 5.06 Å². The Kier molecular flexibility index (Phi) is 10.5. The van der Waals surface area contributed by atoms with Gasteiger partial charge in [-0.3, -0.25) is 15.0 Å². The average Bonchev–Trinajstić information content (AvgIpc) is 3.04. The lowest BCUT2D eigenvalue weighted by Gasteiger charge is -2.23. The van der Waals surface area contributed by atoms with E-state index >= 15 is 0 Å². The second-order valence-electron chi connectivity index (χ2n) is 7.31. The van der Waals surface area contributed by atoms with E-state index in [1.165, 1.54) is 30.9 Å². The third-order valence-electron chi connectivity index (χ3n) is 4.84. The SMILES string of the molecule is COc1ccc([N+](=O)[O-])cc1OCN1CC(Cc2ccc(Cl)cc2)CCCO1.O=C(O)C(=O)O. The molecule has 11 nitrogen and oxygen atoms in total. The quantitative estimate of drug-likeness (QED) is 0.330. The number of hydrogen-bond acceptors (Lipinski definition) is 8. The van der Waals surface area contributed by atoms with Crippen molar-refractivity contribution in [3.05, 3.63) is 63.2 Å². The number of nitro groups is 1. The number of nitro benzene ring substituents is 1. The first-order valence-corrected chi connectivity index (χ1v) is 10.6. The molecule has 1 heterocycles. The first-order chi connectivity index (χ1) is 16.2. The maximum absolute atomic E-state index is 11.0. The summed E-state index contributed by atoms with van der Waals surface area (Å²) in [4.78, 5) is 34.5. The van der Waals surface area contributed by atoms with Crippen LogP contribution in [0, 0.1) is 16.0 Å². The number of carboxylic acids is 2. The van der Waals surface area contributed by atoms with Gasteiger partial charge in [0, 0.05) is 17.6 Å². The molecule has 1 fully saturated rings. The molecule has 0 aliphatic carbocycles. The molecule has 1 saturated heterocycles. The number of methoxy groups -OCH3 is 1. The van der Waals surface area contributed by atoms with Crippen molar-refractivity contribution in [3.63, 3.8) is 0 Å².